The molecule has 0 aliphatic carbocycles. The van der Waals surface area contributed by atoms with Crippen LogP contribution in [0.3, 0.4) is 0 Å². The highest BCUT2D eigenvalue weighted by molar-refractivity contribution is 5.81. The standard InChI is InChI=1S/C12H22O4/c1-11(2,3)7(9(13)14)8(10(15)16)12(4,5)6/h7-8H,1-6H3,(H,13,14)(H,15,16)/t7-,8-/m1/s1. The van der Waals surface area contributed by atoms with E-state index in [0.717, 1.165) is 0 Å². The largest absolute Gasteiger partial charge is 0.481 e. The van der Waals surface area contributed by atoms with Crippen LogP contribution in [-0.4, -0.2) is 22.2 Å². The third kappa shape index (κ3) is 3.51. The number of carboxylic acid groups (broad SMARTS) is 2. The first-order valence-electron chi connectivity index (χ1n) is 5.34. The quantitative estimate of drug-likeness (QED) is 0.781. The van der Waals surface area contributed by atoms with Gasteiger partial charge in [-0.3, -0.25) is 9.59 Å². The highest BCUT2D eigenvalue weighted by atomic mass is 16.4. The summed E-state index contributed by atoms with van der Waals surface area (Å²) in [5.74, 6) is -3.89. The van der Waals surface area contributed by atoms with Crippen LogP contribution in [0.25, 0.3) is 0 Å². The Kier molecular flexibility index (Phi) is 4.14. The summed E-state index contributed by atoms with van der Waals surface area (Å²) >= 11 is 0. The lowest BCUT2D eigenvalue weighted by molar-refractivity contribution is -0.163. The second kappa shape index (κ2) is 4.44. The zero-order valence-electron chi connectivity index (χ0n) is 10.9. The minimum atomic E-state index is -1.05. The number of aliphatic carboxylic acids is 2. The Morgan fingerprint density at radius 1 is 0.750 bits per heavy atom. The smallest absolute Gasteiger partial charge is 0.307 e. The zero-order valence-corrected chi connectivity index (χ0v) is 10.9. The molecule has 0 spiro atoms. The molecule has 0 fully saturated rings. The van der Waals surface area contributed by atoms with Crippen LogP contribution in [0.2, 0.25) is 0 Å². The maximum Gasteiger partial charge on any atom is 0.307 e. The van der Waals surface area contributed by atoms with Crippen molar-refractivity contribution in [3.05, 3.63) is 0 Å². The molecular weight excluding hydrogens is 208 g/mol. The monoisotopic (exact) mass is 230 g/mol. The van der Waals surface area contributed by atoms with Crippen molar-refractivity contribution in [1.29, 1.82) is 0 Å². The predicted molar refractivity (Wildman–Crippen MR) is 61.2 cm³/mol. The van der Waals surface area contributed by atoms with Crippen LogP contribution in [0, 0.1) is 22.7 Å². The molecule has 0 amide bonds. The lowest BCUT2D eigenvalue weighted by atomic mass is 9.64. The van der Waals surface area contributed by atoms with E-state index in [2.05, 4.69) is 0 Å². The summed E-state index contributed by atoms with van der Waals surface area (Å²) in [7, 11) is 0. The normalized spacial score (nSPS) is 16.6. The average molecular weight is 230 g/mol. The lowest BCUT2D eigenvalue weighted by Gasteiger charge is -2.38. The highest BCUT2D eigenvalue weighted by Crippen LogP contribution is 2.41. The van der Waals surface area contributed by atoms with Crippen molar-refractivity contribution >= 4 is 11.9 Å². The van der Waals surface area contributed by atoms with Gasteiger partial charge in [0.1, 0.15) is 0 Å². The van der Waals surface area contributed by atoms with Gasteiger partial charge < -0.3 is 10.2 Å². The summed E-state index contributed by atoms with van der Waals surface area (Å²) in [4.78, 5) is 22.6. The Bertz CT molecular complexity index is 250. The second-order valence-corrected chi connectivity index (χ2v) is 6.36. The van der Waals surface area contributed by atoms with Crippen molar-refractivity contribution in [3.63, 3.8) is 0 Å². The van der Waals surface area contributed by atoms with Crippen molar-refractivity contribution in [2.75, 3.05) is 0 Å². The number of carbonyl (C=O) groups is 2. The van der Waals surface area contributed by atoms with E-state index in [0.29, 0.717) is 0 Å². The third-order valence-electron chi connectivity index (χ3n) is 2.73. The first-order valence-corrected chi connectivity index (χ1v) is 5.34. The molecule has 0 rings (SSSR count). The number of carboxylic acids is 2. The number of hydrogen-bond donors (Lipinski definition) is 2. The van der Waals surface area contributed by atoms with Gasteiger partial charge in [0.15, 0.2) is 0 Å². The molecule has 0 saturated heterocycles. The Labute approximate surface area is 96.7 Å². The van der Waals surface area contributed by atoms with Gasteiger partial charge in [-0.2, -0.15) is 0 Å². The van der Waals surface area contributed by atoms with Gasteiger partial charge in [0, 0.05) is 0 Å². The van der Waals surface area contributed by atoms with E-state index >= 15 is 0 Å². The van der Waals surface area contributed by atoms with Crippen molar-refractivity contribution in [2.45, 2.75) is 41.5 Å². The van der Waals surface area contributed by atoms with Gasteiger partial charge in [-0.05, 0) is 10.8 Å². The van der Waals surface area contributed by atoms with E-state index in [9.17, 15) is 19.8 Å². The van der Waals surface area contributed by atoms with Gasteiger partial charge >= 0.3 is 11.9 Å². The van der Waals surface area contributed by atoms with Crippen LogP contribution >= 0.6 is 0 Å². The number of rotatable bonds is 3. The maximum absolute atomic E-state index is 11.3. The van der Waals surface area contributed by atoms with Crippen LogP contribution in [0.1, 0.15) is 41.5 Å². The molecule has 2 atom stereocenters. The third-order valence-corrected chi connectivity index (χ3v) is 2.73. The Balaban J connectivity index is 5.48. The molecule has 0 aromatic carbocycles. The van der Waals surface area contributed by atoms with Crippen LogP contribution in [0.15, 0.2) is 0 Å². The molecule has 0 unspecified atom stereocenters. The van der Waals surface area contributed by atoms with Gasteiger partial charge in [0.25, 0.3) is 0 Å². The molecule has 0 aliphatic heterocycles. The van der Waals surface area contributed by atoms with E-state index in [1.807, 2.05) is 0 Å². The fourth-order valence-corrected chi connectivity index (χ4v) is 2.03. The molecule has 0 heterocycles. The van der Waals surface area contributed by atoms with Crippen LogP contribution in [-0.2, 0) is 9.59 Å². The molecule has 0 radical (unpaired) electrons. The summed E-state index contributed by atoms with van der Waals surface area (Å²) < 4.78 is 0. The molecule has 2 N–H and O–H groups in total. The molecule has 94 valence electrons. The summed E-state index contributed by atoms with van der Waals surface area (Å²) in [5, 5.41) is 18.5. The van der Waals surface area contributed by atoms with Crippen LogP contribution < -0.4 is 0 Å². The van der Waals surface area contributed by atoms with Crippen molar-refractivity contribution in [1.82, 2.24) is 0 Å². The Hall–Kier alpha value is -1.06. The van der Waals surface area contributed by atoms with E-state index in [1.54, 1.807) is 41.5 Å². The summed E-state index contributed by atoms with van der Waals surface area (Å²) in [6.45, 7) is 10.5. The maximum atomic E-state index is 11.3. The van der Waals surface area contributed by atoms with Gasteiger partial charge in [-0.25, -0.2) is 0 Å². The second-order valence-electron chi connectivity index (χ2n) is 6.36. The summed E-state index contributed by atoms with van der Waals surface area (Å²) in [6, 6.07) is 0. The van der Waals surface area contributed by atoms with Crippen LogP contribution in [0.5, 0.6) is 0 Å². The van der Waals surface area contributed by atoms with Crippen molar-refractivity contribution in [2.24, 2.45) is 22.7 Å². The van der Waals surface area contributed by atoms with E-state index < -0.39 is 34.6 Å². The fraction of sp³-hybridized carbons (Fsp3) is 0.833. The first-order chi connectivity index (χ1) is 6.89. The predicted octanol–water partition coefficient (Wildman–Crippen LogP) is 2.48. The number of hydrogen-bond acceptors (Lipinski definition) is 2. The van der Waals surface area contributed by atoms with Gasteiger partial charge in [0.05, 0.1) is 11.8 Å². The molecule has 0 aromatic rings. The SMILES string of the molecule is CC(C)(C)[C@@H](C(=O)O)[C@H](C(=O)O)C(C)(C)C. The minimum Gasteiger partial charge on any atom is -0.481 e. The van der Waals surface area contributed by atoms with Crippen molar-refractivity contribution < 1.29 is 19.8 Å². The van der Waals surface area contributed by atoms with Crippen LogP contribution in [0.4, 0.5) is 0 Å². The molecule has 0 bridgehead atoms. The van der Waals surface area contributed by atoms with Gasteiger partial charge in [-0.1, -0.05) is 41.5 Å². The van der Waals surface area contributed by atoms with Crippen molar-refractivity contribution in [3.8, 4) is 0 Å². The lowest BCUT2D eigenvalue weighted by Crippen LogP contribution is -2.45. The van der Waals surface area contributed by atoms with E-state index in [4.69, 9.17) is 0 Å². The molecular formula is C12H22O4. The van der Waals surface area contributed by atoms with Gasteiger partial charge in [-0.15, -0.1) is 0 Å². The fourth-order valence-electron chi connectivity index (χ4n) is 2.03. The molecule has 4 nitrogen and oxygen atoms in total. The highest BCUT2D eigenvalue weighted by Gasteiger charge is 2.47. The van der Waals surface area contributed by atoms with Gasteiger partial charge in [0.2, 0.25) is 0 Å². The average Bonchev–Trinajstić information content (AvgIpc) is 1.92. The summed E-state index contributed by atoms with van der Waals surface area (Å²) in [5.41, 5.74) is -1.16. The van der Waals surface area contributed by atoms with E-state index in [1.165, 1.54) is 0 Å². The molecule has 0 aliphatic rings. The topological polar surface area (TPSA) is 74.6 Å². The summed E-state index contributed by atoms with van der Waals surface area (Å²) in [6.07, 6.45) is 0. The zero-order chi connectivity index (χ0) is 13.3. The Morgan fingerprint density at radius 3 is 1.00 bits per heavy atom. The van der Waals surface area contributed by atoms with E-state index in [-0.39, 0.29) is 0 Å². The molecule has 0 aromatic heterocycles. The first kappa shape index (κ1) is 14.9. The molecule has 16 heavy (non-hydrogen) atoms. The molecule has 0 saturated carbocycles. The molecule has 4 heteroatoms. The minimum absolute atomic E-state index is 0.581. The Morgan fingerprint density at radius 2 is 0.938 bits per heavy atom.